The zero-order chi connectivity index (χ0) is 11.0. The number of halogens is 1. The normalized spacial score (nSPS) is 22.1. The van der Waals surface area contributed by atoms with E-state index in [1.165, 1.54) is 24.1 Å². The van der Waals surface area contributed by atoms with Gasteiger partial charge >= 0.3 is 0 Å². The molecule has 0 atom stereocenters. The minimum Gasteiger partial charge on any atom is -0.376 e. The lowest BCUT2D eigenvalue weighted by Gasteiger charge is -2.23. The maximum Gasteiger partial charge on any atom is 0.110 e. The molecule has 0 aromatic carbocycles. The van der Waals surface area contributed by atoms with Gasteiger partial charge in [-0.25, -0.2) is 0 Å². The Labute approximate surface area is 103 Å². The number of piperidine rings is 1. The molecule has 0 unspecified atom stereocenters. The van der Waals surface area contributed by atoms with Crippen molar-refractivity contribution in [1.82, 2.24) is 15.1 Å². The summed E-state index contributed by atoms with van der Waals surface area (Å²) in [6, 6.07) is 0.543. The predicted octanol–water partition coefficient (Wildman–Crippen LogP) is 1.64. The van der Waals surface area contributed by atoms with Crippen LogP contribution in [-0.4, -0.2) is 29.5 Å². The van der Waals surface area contributed by atoms with Gasteiger partial charge in [-0.15, -0.1) is 0 Å². The van der Waals surface area contributed by atoms with Crippen molar-refractivity contribution in [2.24, 2.45) is 0 Å². The molecule has 3 rings (SSSR count). The number of hydrogen-bond donors (Lipinski definition) is 1. The zero-order valence-electron chi connectivity index (χ0n) is 9.21. The third-order valence-corrected chi connectivity index (χ3v) is 4.25. The van der Waals surface area contributed by atoms with Crippen LogP contribution in [0.15, 0.2) is 4.60 Å². The van der Waals surface area contributed by atoms with Gasteiger partial charge in [0.25, 0.3) is 0 Å². The van der Waals surface area contributed by atoms with Crippen LogP contribution in [0.4, 0.5) is 0 Å². The number of nitrogens with zero attached hydrogens (tertiary/aromatic N) is 2. The van der Waals surface area contributed by atoms with Crippen LogP contribution < -0.4 is 5.32 Å². The first-order chi connectivity index (χ1) is 7.86. The molecule has 16 heavy (non-hydrogen) atoms. The summed E-state index contributed by atoms with van der Waals surface area (Å²) in [6.07, 6.45) is 3.28. The molecule has 1 aromatic heterocycles. The lowest BCUT2D eigenvalue weighted by molar-refractivity contribution is 0.110. The summed E-state index contributed by atoms with van der Waals surface area (Å²) in [7, 11) is 0. The molecule has 4 nitrogen and oxygen atoms in total. The molecular formula is C11H16BrN3O. The molecule has 3 heterocycles. The maximum atomic E-state index is 5.48. The standard InChI is InChI=1S/C11H16BrN3O/c12-11-9-7-16-6-3-10(9)14-15(11)8-1-4-13-5-2-8/h8,13H,1-7H2. The van der Waals surface area contributed by atoms with E-state index in [2.05, 4.69) is 25.9 Å². The van der Waals surface area contributed by atoms with Crippen LogP contribution in [0.25, 0.3) is 0 Å². The van der Waals surface area contributed by atoms with Crippen LogP contribution in [0.3, 0.4) is 0 Å². The van der Waals surface area contributed by atoms with Crippen molar-refractivity contribution in [2.75, 3.05) is 19.7 Å². The molecule has 0 saturated carbocycles. The molecule has 2 aliphatic heterocycles. The van der Waals surface area contributed by atoms with Crippen LogP contribution in [0.5, 0.6) is 0 Å². The largest absolute Gasteiger partial charge is 0.376 e. The van der Waals surface area contributed by atoms with Crippen molar-refractivity contribution in [3.63, 3.8) is 0 Å². The summed E-state index contributed by atoms with van der Waals surface area (Å²) in [5.41, 5.74) is 2.47. The number of fused-ring (bicyclic) bond motifs is 1. The molecule has 0 aliphatic carbocycles. The summed E-state index contributed by atoms with van der Waals surface area (Å²) < 4.78 is 8.78. The van der Waals surface area contributed by atoms with E-state index in [9.17, 15) is 0 Å². The van der Waals surface area contributed by atoms with Crippen molar-refractivity contribution in [3.8, 4) is 0 Å². The van der Waals surface area contributed by atoms with E-state index in [4.69, 9.17) is 9.84 Å². The Morgan fingerprint density at radius 1 is 1.38 bits per heavy atom. The minimum absolute atomic E-state index is 0.543. The van der Waals surface area contributed by atoms with Gasteiger partial charge in [0.1, 0.15) is 4.60 Å². The van der Waals surface area contributed by atoms with Gasteiger partial charge in [0.15, 0.2) is 0 Å². The molecule has 0 spiro atoms. The smallest absolute Gasteiger partial charge is 0.110 e. The summed E-state index contributed by atoms with van der Waals surface area (Å²) >= 11 is 3.67. The van der Waals surface area contributed by atoms with Crippen molar-refractivity contribution in [2.45, 2.75) is 31.9 Å². The van der Waals surface area contributed by atoms with Gasteiger partial charge in [0, 0.05) is 12.0 Å². The third-order valence-electron chi connectivity index (χ3n) is 3.41. The highest BCUT2D eigenvalue weighted by Crippen LogP contribution is 2.30. The van der Waals surface area contributed by atoms with Gasteiger partial charge in [-0.3, -0.25) is 4.68 Å². The van der Waals surface area contributed by atoms with Gasteiger partial charge in [0.05, 0.1) is 24.9 Å². The second-order valence-corrected chi connectivity index (χ2v) is 5.20. The average Bonchev–Trinajstić information content (AvgIpc) is 2.69. The van der Waals surface area contributed by atoms with Crippen LogP contribution in [0, 0.1) is 0 Å². The van der Waals surface area contributed by atoms with Crippen molar-refractivity contribution < 1.29 is 4.74 Å². The predicted molar refractivity (Wildman–Crippen MR) is 64.4 cm³/mol. The zero-order valence-corrected chi connectivity index (χ0v) is 10.8. The quantitative estimate of drug-likeness (QED) is 0.853. The van der Waals surface area contributed by atoms with Crippen molar-refractivity contribution in [1.29, 1.82) is 0 Å². The Bertz CT molecular complexity index is 385. The first-order valence-corrected chi connectivity index (χ1v) is 6.70. The molecule has 1 saturated heterocycles. The summed E-state index contributed by atoms with van der Waals surface area (Å²) in [5.74, 6) is 0. The van der Waals surface area contributed by atoms with E-state index < -0.39 is 0 Å². The van der Waals surface area contributed by atoms with Gasteiger partial charge in [-0.1, -0.05) is 0 Å². The number of ether oxygens (including phenoxy) is 1. The molecule has 1 aromatic rings. The first-order valence-electron chi connectivity index (χ1n) is 5.90. The molecule has 1 N–H and O–H groups in total. The number of hydrogen-bond acceptors (Lipinski definition) is 3. The molecule has 2 aliphatic rings. The highest BCUT2D eigenvalue weighted by atomic mass is 79.9. The average molecular weight is 286 g/mol. The Hall–Kier alpha value is -0.390. The lowest BCUT2D eigenvalue weighted by Crippen LogP contribution is -2.30. The Morgan fingerprint density at radius 3 is 2.94 bits per heavy atom. The second kappa shape index (κ2) is 4.47. The number of aromatic nitrogens is 2. The fraction of sp³-hybridized carbons (Fsp3) is 0.727. The van der Waals surface area contributed by atoms with E-state index in [0.717, 1.165) is 30.7 Å². The highest BCUT2D eigenvalue weighted by molar-refractivity contribution is 9.10. The second-order valence-electron chi connectivity index (χ2n) is 4.44. The minimum atomic E-state index is 0.543. The molecule has 5 heteroatoms. The monoisotopic (exact) mass is 285 g/mol. The van der Waals surface area contributed by atoms with Crippen LogP contribution in [0.1, 0.15) is 30.1 Å². The number of rotatable bonds is 1. The fourth-order valence-corrected chi connectivity index (χ4v) is 3.18. The SMILES string of the molecule is Brc1c2c(nn1C1CCNCC1)CCOC2. The van der Waals surface area contributed by atoms with Gasteiger partial charge in [-0.05, 0) is 41.9 Å². The van der Waals surface area contributed by atoms with Gasteiger partial charge in [0.2, 0.25) is 0 Å². The van der Waals surface area contributed by atoms with E-state index in [1.54, 1.807) is 0 Å². The molecule has 0 bridgehead atoms. The molecule has 0 radical (unpaired) electrons. The molecule has 1 fully saturated rings. The van der Waals surface area contributed by atoms with E-state index in [0.29, 0.717) is 12.6 Å². The topological polar surface area (TPSA) is 39.1 Å². The molecule has 0 amide bonds. The van der Waals surface area contributed by atoms with Gasteiger partial charge < -0.3 is 10.1 Å². The highest BCUT2D eigenvalue weighted by Gasteiger charge is 2.24. The van der Waals surface area contributed by atoms with E-state index in [-0.39, 0.29) is 0 Å². The Kier molecular flexibility index (Phi) is 3.00. The number of nitrogens with one attached hydrogen (secondary N) is 1. The first kappa shape index (κ1) is 10.7. The van der Waals surface area contributed by atoms with Crippen LogP contribution >= 0.6 is 15.9 Å². The maximum absolute atomic E-state index is 5.48. The summed E-state index contributed by atoms with van der Waals surface area (Å²) in [6.45, 7) is 3.71. The van der Waals surface area contributed by atoms with E-state index in [1.807, 2.05) is 0 Å². The molecular weight excluding hydrogens is 270 g/mol. The van der Waals surface area contributed by atoms with E-state index >= 15 is 0 Å². The fourth-order valence-electron chi connectivity index (χ4n) is 2.47. The van der Waals surface area contributed by atoms with Gasteiger partial charge in [-0.2, -0.15) is 5.10 Å². The van der Waals surface area contributed by atoms with Crippen LogP contribution in [0.2, 0.25) is 0 Å². The van der Waals surface area contributed by atoms with Crippen molar-refractivity contribution in [3.05, 3.63) is 15.9 Å². The third kappa shape index (κ3) is 1.81. The lowest BCUT2D eigenvalue weighted by atomic mass is 10.1. The van der Waals surface area contributed by atoms with Crippen molar-refractivity contribution >= 4 is 15.9 Å². The molecule has 88 valence electrons. The Balaban J connectivity index is 1.91. The summed E-state index contributed by atoms with van der Waals surface area (Å²) in [5, 5.41) is 8.12. The summed E-state index contributed by atoms with van der Waals surface area (Å²) in [4.78, 5) is 0. The van der Waals surface area contributed by atoms with Crippen LogP contribution in [-0.2, 0) is 17.8 Å². The Morgan fingerprint density at radius 2 is 2.19 bits per heavy atom.